The van der Waals surface area contributed by atoms with E-state index in [1.54, 1.807) is 35.7 Å². The number of aryl methyl sites for hydroxylation is 2. The molecule has 0 unspecified atom stereocenters. The molecule has 0 aliphatic rings. The van der Waals surface area contributed by atoms with Crippen molar-refractivity contribution in [1.29, 1.82) is 0 Å². The number of nitrogens with zero attached hydrogens (tertiary/aromatic N) is 1. The van der Waals surface area contributed by atoms with E-state index in [1.165, 1.54) is 17.7 Å². The highest BCUT2D eigenvalue weighted by Crippen LogP contribution is 2.30. The summed E-state index contributed by atoms with van der Waals surface area (Å²) in [6.45, 7) is 4.44. The second-order valence-electron chi connectivity index (χ2n) is 6.83. The number of amides is 1. The van der Waals surface area contributed by atoms with E-state index < -0.39 is 0 Å². The Hall–Kier alpha value is -3.25. The molecule has 0 spiro atoms. The van der Waals surface area contributed by atoms with Gasteiger partial charge in [0.2, 0.25) is 0 Å². The van der Waals surface area contributed by atoms with Crippen molar-refractivity contribution in [3.05, 3.63) is 88.4 Å². The van der Waals surface area contributed by atoms with Crippen molar-refractivity contribution >= 4 is 17.2 Å². The molecule has 0 aliphatic carbocycles. The molecule has 0 radical (unpaired) electrons. The summed E-state index contributed by atoms with van der Waals surface area (Å²) in [6.07, 6.45) is 1.75. The van der Waals surface area contributed by atoms with Gasteiger partial charge in [0.05, 0.1) is 12.2 Å². The summed E-state index contributed by atoms with van der Waals surface area (Å²) in [5, 5.41) is 3.91. The van der Waals surface area contributed by atoms with Gasteiger partial charge in [0.25, 0.3) is 5.91 Å². The topological polar surface area (TPSA) is 57.8 Å². The van der Waals surface area contributed by atoms with E-state index in [4.69, 9.17) is 0 Å². The smallest absolute Gasteiger partial charge is 0.268 e. The summed E-state index contributed by atoms with van der Waals surface area (Å²) >= 11 is 1.60. The molecule has 0 atom stereocenters. The number of thiazole rings is 1. The van der Waals surface area contributed by atoms with Gasteiger partial charge in [0, 0.05) is 16.6 Å². The number of H-pyrrole nitrogens is 1. The molecule has 0 fully saturated rings. The van der Waals surface area contributed by atoms with Gasteiger partial charge in [-0.05, 0) is 48.7 Å². The Labute approximate surface area is 172 Å². The van der Waals surface area contributed by atoms with Crippen molar-refractivity contribution in [1.82, 2.24) is 15.3 Å². The first-order valence-electron chi connectivity index (χ1n) is 9.26. The Balaban J connectivity index is 1.45. The number of carbonyl (C=O) groups is 1. The SMILES string of the molecule is Cc1ccccc1-c1nc(C)c(CNC(=O)c2cc(-c3ccc(F)cc3)c[nH]2)s1. The summed E-state index contributed by atoms with van der Waals surface area (Å²) in [4.78, 5) is 21.2. The summed E-state index contributed by atoms with van der Waals surface area (Å²) in [5.41, 5.74) is 5.37. The number of halogens is 1. The minimum absolute atomic E-state index is 0.191. The Bertz CT molecular complexity index is 1160. The van der Waals surface area contributed by atoms with Gasteiger partial charge in [-0.3, -0.25) is 4.79 Å². The van der Waals surface area contributed by atoms with Gasteiger partial charge in [-0.1, -0.05) is 36.4 Å². The zero-order valence-corrected chi connectivity index (χ0v) is 16.9. The lowest BCUT2D eigenvalue weighted by Gasteiger charge is -2.02. The van der Waals surface area contributed by atoms with Crippen LogP contribution in [0.2, 0.25) is 0 Å². The van der Waals surface area contributed by atoms with Crippen LogP contribution in [0.1, 0.15) is 26.6 Å². The van der Waals surface area contributed by atoms with Gasteiger partial charge >= 0.3 is 0 Å². The minimum atomic E-state index is -0.285. The van der Waals surface area contributed by atoms with E-state index in [9.17, 15) is 9.18 Å². The Kier molecular flexibility index (Phi) is 5.27. The van der Waals surface area contributed by atoms with Crippen molar-refractivity contribution in [2.75, 3.05) is 0 Å². The van der Waals surface area contributed by atoms with Crippen molar-refractivity contribution in [2.24, 2.45) is 0 Å². The Morgan fingerprint density at radius 1 is 1.10 bits per heavy atom. The third kappa shape index (κ3) is 4.12. The summed E-state index contributed by atoms with van der Waals surface area (Å²) < 4.78 is 13.1. The normalized spacial score (nSPS) is 10.9. The number of hydrogen-bond acceptors (Lipinski definition) is 3. The zero-order chi connectivity index (χ0) is 20.4. The lowest BCUT2D eigenvalue weighted by atomic mass is 10.1. The van der Waals surface area contributed by atoms with Crippen LogP contribution in [0.3, 0.4) is 0 Å². The van der Waals surface area contributed by atoms with Crippen LogP contribution in [0, 0.1) is 19.7 Å². The van der Waals surface area contributed by atoms with Crippen LogP contribution in [0.15, 0.2) is 60.8 Å². The van der Waals surface area contributed by atoms with Gasteiger partial charge in [0.1, 0.15) is 16.5 Å². The lowest BCUT2D eigenvalue weighted by molar-refractivity contribution is 0.0947. The number of aromatic amines is 1. The molecule has 0 aliphatic heterocycles. The largest absolute Gasteiger partial charge is 0.357 e. The van der Waals surface area contributed by atoms with Crippen LogP contribution in [-0.4, -0.2) is 15.9 Å². The zero-order valence-electron chi connectivity index (χ0n) is 16.1. The Morgan fingerprint density at radius 2 is 1.86 bits per heavy atom. The molecule has 2 aromatic carbocycles. The first-order chi connectivity index (χ1) is 14.0. The number of hydrogen-bond donors (Lipinski definition) is 2. The third-order valence-corrected chi connectivity index (χ3v) is 5.97. The van der Waals surface area contributed by atoms with Gasteiger partial charge in [-0.15, -0.1) is 11.3 Å². The van der Waals surface area contributed by atoms with Crippen LogP contribution in [0.4, 0.5) is 4.39 Å². The maximum atomic E-state index is 13.1. The van der Waals surface area contributed by atoms with Crippen molar-refractivity contribution in [3.63, 3.8) is 0 Å². The predicted molar refractivity (Wildman–Crippen MR) is 114 cm³/mol. The quantitative estimate of drug-likeness (QED) is 0.461. The molecule has 2 aromatic heterocycles. The average Bonchev–Trinajstić information content (AvgIpc) is 3.34. The van der Waals surface area contributed by atoms with Gasteiger partial charge in [0.15, 0.2) is 0 Å². The number of carbonyl (C=O) groups excluding carboxylic acids is 1. The van der Waals surface area contributed by atoms with Crippen molar-refractivity contribution in [3.8, 4) is 21.7 Å². The molecule has 4 rings (SSSR count). The molecular formula is C23H20FN3OS. The molecule has 0 bridgehead atoms. The monoisotopic (exact) mass is 405 g/mol. The van der Waals surface area contributed by atoms with E-state index >= 15 is 0 Å². The molecule has 0 saturated heterocycles. The molecule has 29 heavy (non-hydrogen) atoms. The van der Waals surface area contributed by atoms with Crippen molar-refractivity contribution < 1.29 is 9.18 Å². The summed E-state index contributed by atoms with van der Waals surface area (Å²) in [5.74, 6) is -0.476. The maximum Gasteiger partial charge on any atom is 0.268 e. The summed E-state index contributed by atoms with van der Waals surface area (Å²) in [7, 11) is 0. The minimum Gasteiger partial charge on any atom is -0.357 e. The van der Waals surface area contributed by atoms with Crippen molar-refractivity contribution in [2.45, 2.75) is 20.4 Å². The standard InChI is InChI=1S/C23H20FN3OS/c1-14-5-3-4-6-19(14)23-27-15(2)21(29-23)13-26-22(28)20-11-17(12-25-20)16-7-9-18(24)10-8-16/h3-12,25H,13H2,1-2H3,(H,26,28). The fourth-order valence-corrected chi connectivity index (χ4v) is 4.20. The first kappa shape index (κ1) is 19.1. The lowest BCUT2D eigenvalue weighted by Crippen LogP contribution is -2.22. The molecular weight excluding hydrogens is 385 g/mol. The van der Waals surface area contributed by atoms with Crippen LogP contribution in [-0.2, 0) is 6.54 Å². The molecule has 2 N–H and O–H groups in total. The molecule has 6 heteroatoms. The molecule has 1 amide bonds. The summed E-state index contributed by atoms with van der Waals surface area (Å²) in [6, 6.07) is 16.1. The fourth-order valence-electron chi connectivity index (χ4n) is 3.11. The van der Waals surface area contributed by atoms with Crippen LogP contribution < -0.4 is 5.32 Å². The van der Waals surface area contributed by atoms with E-state index in [0.29, 0.717) is 12.2 Å². The molecule has 4 aromatic rings. The second kappa shape index (κ2) is 8.01. The highest BCUT2D eigenvalue weighted by atomic mass is 32.1. The van der Waals surface area contributed by atoms with Crippen LogP contribution >= 0.6 is 11.3 Å². The number of aromatic nitrogens is 2. The number of benzene rings is 2. The highest BCUT2D eigenvalue weighted by molar-refractivity contribution is 7.15. The maximum absolute atomic E-state index is 13.1. The fraction of sp³-hybridized carbons (Fsp3) is 0.130. The predicted octanol–water partition coefficient (Wildman–Crippen LogP) is 5.49. The number of rotatable bonds is 5. The Morgan fingerprint density at radius 3 is 2.62 bits per heavy atom. The van der Waals surface area contributed by atoms with Crippen LogP contribution in [0.25, 0.3) is 21.7 Å². The molecule has 0 saturated carbocycles. The molecule has 146 valence electrons. The second-order valence-corrected chi connectivity index (χ2v) is 7.92. The number of nitrogens with one attached hydrogen (secondary N) is 2. The average molecular weight is 405 g/mol. The molecule has 4 nitrogen and oxygen atoms in total. The van der Waals surface area contributed by atoms with E-state index in [-0.39, 0.29) is 11.7 Å². The van der Waals surface area contributed by atoms with Gasteiger partial charge in [-0.2, -0.15) is 0 Å². The van der Waals surface area contributed by atoms with Gasteiger partial charge < -0.3 is 10.3 Å². The highest BCUT2D eigenvalue weighted by Gasteiger charge is 2.14. The first-order valence-corrected chi connectivity index (χ1v) is 10.1. The van der Waals surface area contributed by atoms with Gasteiger partial charge in [-0.25, -0.2) is 9.37 Å². The van der Waals surface area contributed by atoms with Crippen LogP contribution in [0.5, 0.6) is 0 Å². The van der Waals surface area contributed by atoms with E-state index in [1.807, 2.05) is 19.1 Å². The molecule has 2 heterocycles. The van der Waals surface area contributed by atoms with E-state index in [0.717, 1.165) is 32.3 Å². The van der Waals surface area contributed by atoms with E-state index in [2.05, 4.69) is 34.3 Å². The third-order valence-electron chi connectivity index (χ3n) is 4.78.